The average Bonchev–Trinajstić information content (AvgIpc) is 2.69. The van der Waals surface area contributed by atoms with Crippen LogP contribution in [0.15, 0.2) is 48.7 Å². The molecule has 0 aliphatic heterocycles. The van der Waals surface area contributed by atoms with E-state index in [0.29, 0.717) is 24.7 Å². The molecule has 0 fully saturated rings. The number of aromatic nitrogens is 3. The monoisotopic (exact) mass is 389 g/mol. The van der Waals surface area contributed by atoms with Crippen molar-refractivity contribution in [2.75, 3.05) is 10.6 Å². The minimum Gasteiger partial charge on any atom is -0.366 e. The van der Waals surface area contributed by atoms with Gasteiger partial charge in [0.2, 0.25) is 5.91 Å². The Morgan fingerprint density at radius 2 is 1.90 bits per heavy atom. The predicted octanol–water partition coefficient (Wildman–Crippen LogP) is 4.75. The molecule has 0 aliphatic rings. The van der Waals surface area contributed by atoms with Crippen molar-refractivity contribution in [3.63, 3.8) is 0 Å². The molecule has 1 aromatic carbocycles. The minimum atomic E-state index is 0.0346. The number of rotatable bonds is 7. The Hall–Kier alpha value is -3.28. The van der Waals surface area contributed by atoms with Crippen LogP contribution in [-0.2, 0) is 11.3 Å². The number of amides is 1. The van der Waals surface area contributed by atoms with Crippen LogP contribution in [-0.4, -0.2) is 20.9 Å². The van der Waals surface area contributed by atoms with Crippen molar-refractivity contribution in [1.29, 1.82) is 0 Å². The Morgan fingerprint density at radius 1 is 1.07 bits per heavy atom. The first-order chi connectivity index (χ1) is 13.9. The Labute approximate surface area is 171 Å². The SMILES string of the molecule is Cc1nc(-c2ccccn2)nc(NCc2cccc(NC(=O)CC(C)C)c2)c1C. The lowest BCUT2D eigenvalue weighted by molar-refractivity contribution is -0.116. The van der Waals surface area contributed by atoms with Crippen molar-refractivity contribution in [3.8, 4) is 11.5 Å². The first-order valence-corrected chi connectivity index (χ1v) is 9.81. The van der Waals surface area contributed by atoms with Gasteiger partial charge in [-0.25, -0.2) is 9.97 Å². The maximum Gasteiger partial charge on any atom is 0.224 e. The molecular weight excluding hydrogens is 362 g/mol. The number of aryl methyl sites for hydroxylation is 1. The van der Waals surface area contributed by atoms with Gasteiger partial charge in [0.25, 0.3) is 0 Å². The Kier molecular flexibility index (Phi) is 6.54. The summed E-state index contributed by atoms with van der Waals surface area (Å²) in [5.74, 6) is 1.75. The zero-order valence-electron chi connectivity index (χ0n) is 17.4. The van der Waals surface area contributed by atoms with E-state index in [2.05, 4.69) is 25.6 Å². The van der Waals surface area contributed by atoms with Gasteiger partial charge in [-0.05, 0) is 49.6 Å². The Bertz CT molecular complexity index is 986. The summed E-state index contributed by atoms with van der Waals surface area (Å²) in [5, 5.41) is 6.36. The standard InChI is InChI=1S/C23H27N5O/c1-15(2)12-21(29)27-19-9-7-8-18(13-19)14-25-22-16(3)17(4)26-23(28-22)20-10-5-6-11-24-20/h5-11,13,15H,12,14H2,1-4H3,(H,27,29)(H,25,26,28). The van der Waals surface area contributed by atoms with E-state index >= 15 is 0 Å². The van der Waals surface area contributed by atoms with Crippen LogP contribution in [0.4, 0.5) is 11.5 Å². The number of hydrogen-bond acceptors (Lipinski definition) is 5. The summed E-state index contributed by atoms with van der Waals surface area (Å²) in [4.78, 5) is 25.6. The van der Waals surface area contributed by atoms with Gasteiger partial charge in [-0.2, -0.15) is 0 Å². The van der Waals surface area contributed by atoms with E-state index in [-0.39, 0.29) is 5.91 Å². The Balaban J connectivity index is 1.74. The molecule has 150 valence electrons. The first kappa shape index (κ1) is 20.5. The van der Waals surface area contributed by atoms with E-state index in [1.807, 2.05) is 70.2 Å². The molecule has 0 unspecified atom stereocenters. The van der Waals surface area contributed by atoms with Crippen LogP contribution in [0, 0.1) is 19.8 Å². The van der Waals surface area contributed by atoms with Gasteiger partial charge < -0.3 is 10.6 Å². The van der Waals surface area contributed by atoms with E-state index in [1.165, 1.54) is 0 Å². The third kappa shape index (κ3) is 5.60. The highest BCUT2D eigenvalue weighted by molar-refractivity contribution is 5.90. The van der Waals surface area contributed by atoms with Crippen LogP contribution in [0.5, 0.6) is 0 Å². The number of nitrogens with one attached hydrogen (secondary N) is 2. The molecule has 0 atom stereocenters. The maximum atomic E-state index is 12.0. The molecule has 2 heterocycles. The van der Waals surface area contributed by atoms with E-state index in [0.717, 1.165) is 34.0 Å². The summed E-state index contributed by atoms with van der Waals surface area (Å²) in [6.07, 6.45) is 2.25. The second kappa shape index (κ2) is 9.28. The van der Waals surface area contributed by atoms with Crippen LogP contribution in [0.3, 0.4) is 0 Å². The van der Waals surface area contributed by atoms with Crippen LogP contribution in [0.1, 0.15) is 37.1 Å². The summed E-state index contributed by atoms with van der Waals surface area (Å²) in [5.41, 5.74) is 4.53. The summed E-state index contributed by atoms with van der Waals surface area (Å²) in [6.45, 7) is 8.63. The van der Waals surface area contributed by atoms with E-state index in [1.54, 1.807) is 6.20 Å². The number of carbonyl (C=O) groups is 1. The van der Waals surface area contributed by atoms with Gasteiger partial charge in [-0.3, -0.25) is 9.78 Å². The minimum absolute atomic E-state index is 0.0346. The van der Waals surface area contributed by atoms with Crippen LogP contribution >= 0.6 is 0 Å². The molecule has 6 heteroatoms. The topological polar surface area (TPSA) is 79.8 Å². The molecular formula is C23H27N5O. The molecule has 2 N–H and O–H groups in total. The van der Waals surface area contributed by atoms with E-state index in [4.69, 9.17) is 0 Å². The maximum absolute atomic E-state index is 12.0. The second-order valence-corrected chi connectivity index (χ2v) is 7.52. The molecule has 0 radical (unpaired) electrons. The highest BCUT2D eigenvalue weighted by atomic mass is 16.1. The number of nitrogens with zero attached hydrogens (tertiary/aromatic N) is 3. The summed E-state index contributed by atoms with van der Waals surface area (Å²) >= 11 is 0. The van der Waals surface area contributed by atoms with Crippen LogP contribution < -0.4 is 10.6 Å². The molecule has 29 heavy (non-hydrogen) atoms. The lowest BCUT2D eigenvalue weighted by Crippen LogP contribution is -2.14. The van der Waals surface area contributed by atoms with Gasteiger partial charge in [0.1, 0.15) is 11.5 Å². The summed E-state index contributed by atoms with van der Waals surface area (Å²) in [7, 11) is 0. The van der Waals surface area contributed by atoms with Gasteiger partial charge in [0.05, 0.1) is 0 Å². The lowest BCUT2D eigenvalue weighted by Gasteiger charge is -2.13. The summed E-state index contributed by atoms with van der Waals surface area (Å²) in [6, 6.07) is 13.5. The molecule has 0 aliphatic carbocycles. The van der Waals surface area contributed by atoms with Gasteiger partial charge in [0.15, 0.2) is 5.82 Å². The first-order valence-electron chi connectivity index (χ1n) is 9.81. The van der Waals surface area contributed by atoms with Gasteiger partial charge in [-0.15, -0.1) is 0 Å². The molecule has 0 spiro atoms. The highest BCUT2D eigenvalue weighted by Gasteiger charge is 2.11. The van der Waals surface area contributed by atoms with Gasteiger partial charge >= 0.3 is 0 Å². The molecule has 0 saturated carbocycles. The highest BCUT2D eigenvalue weighted by Crippen LogP contribution is 2.21. The van der Waals surface area contributed by atoms with E-state index < -0.39 is 0 Å². The second-order valence-electron chi connectivity index (χ2n) is 7.52. The van der Waals surface area contributed by atoms with E-state index in [9.17, 15) is 4.79 Å². The number of carbonyl (C=O) groups excluding carboxylic acids is 1. The van der Waals surface area contributed by atoms with Crippen LogP contribution in [0.2, 0.25) is 0 Å². The Morgan fingerprint density at radius 3 is 2.62 bits per heavy atom. The lowest BCUT2D eigenvalue weighted by atomic mass is 10.1. The molecule has 2 aromatic heterocycles. The average molecular weight is 390 g/mol. The third-order valence-electron chi connectivity index (χ3n) is 4.55. The van der Waals surface area contributed by atoms with Crippen molar-refractivity contribution in [2.45, 2.75) is 40.7 Å². The number of hydrogen-bond donors (Lipinski definition) is 2. The molecule has 3 aromatic rings. The fourth-order valence-corrected chi connectivity index (χ4v) is 2.94. The smallest absolute Gasteiger partial charge is 0.224 e. The summed E-state index contributed by atoms with van der Waals surface area (Å²) < 4.78 is 0. The fourth-order valence-electron chi connectivity index (χ4n) is 2.94. The molecule has 1 amide bonds. The normalized spacial score (nSPS) is 10.8. The van der Waals surface area contributed by atoms with Crippen molar-refractivity contribution in [3.05, 3.63) is 65.5 Å². The molecule has 0 bridgehead atoms. The van der Waals surface area contributed by atoms with Crippen molar-refractivity contribution in [1.82, 2.24) is 15.0 Å². The van der Waals surface area contributed by atoms with Gasteiger partial charge in [-0.1, -0.05) is 32.0 Å². The van der Waals surface area contributed by atoms with Gasteiger partial charge in [0, 0.05) is 36.1 Å². The quantitative estimate of drug-likeness (QED) is 0.609. The predicted molar refractivity (Wildman–Crippen MR) is 117 cm³/mol. The molecule has 3 rings (SSSR count). The fraction of sp³-hybridized carbons (Fsp3) is 0.304. The number of benzene rings is 1. The van der Waals surface area contributed by atoms with Crippen LogP contribution in [0.25, 0.3) is 11.5 Å². The zero-order valence-corrected chi connectivity index (χ0v) is 17.4. The van der Waals surface area contributed by atoms with Crippen molar-refractivity contribution in [2.24, 2.45) is 5.92 Å². The number of anilines is 2. The largest absolute Gasteiger partial charge is 0.366 e. The zero-order chi connectivity index (χ0) is 20.8. The molecule has 6 nitrogen and oxygen atoms in total. The van der Waals surface area contributed by atoms with Crippen molar-refractivity contribution >= 4 is 17.4 Å². The third-order valence-corrected chi connectivity index (χ3v) is 4.55. The number of pyridine rings is 1. The van der Waals surface area contributed by atoms with Crippen molar-refractivity contribution < 1.29 is 4.79 Å². The molecule has 0 saturated heterocycles.